The van der Waals surface area contributed by atoms with Crippen LogP contribution < -0.4 is 0 Å². The van der Waals surface area contributed by atoms with E-state index in [1.807, 2.05) is 42.3 Å². The molecule has 0 radical (unpaired) electrons. The number of hydrogen-bond donors (Lipinski definition) is 0. The van der Waals surface area contributed by atoms with E-state index in [1.165, 1.54) is 0 Å². The minimum atomic E-state index is 0.221. The van der Waals surface area contributed by atoms with Crippen LogP contribution in [0.4, 0.5) is 0 Å². The summed E-state index contributed by atoms with van der Waals surface area (Å²) in [7, 11) is 4.10. The Balaban J connectivity index is 1.33. The molecule has 0 amide bonds. The number of Topliss-reactive ketones (excluding diaryl/α,β-unsaturated/α-hetero) is 1. The second-order valence-electron chi connectivity index (χ2n) is 8.40. The highest BCUT2D eigenvalue weighted by molar-refractivity contribution is 5.87. The number of hydrogen-bond acceptors (Lipinski definition) is 5. The molecule has 138 valence electrons. The summed E-state index contributed by atoms with van der Waals surface area (Å²) in [6, 6.07) is 4.07. The van der Waals surface area contributed by atoms with Gasteiger partial charge in [-0.05, 0) is 42.8 Å². The molecule has 1 spiro atoms. The Morgan fingerprint density at radius 2 is 1.89 bits per heavy atom. The normalized spacial score (nSPS) is 19.2. The van der Waals surface area contributed by atoms with Gasteiger partial charge < -0.3 is 9.47 Å². The lowest BCUT2D eigenvalue weighted by Crippen LogP contribution is -2.61. The molecule has 1 saturated carbocycles. The SMILES string of the molecule is CN1CC2(CC(C(=O)Cc3cc4cc(-c5cncn5C)ncc4cn3)C2)C1. The van der Waals surface area contributed by atoms with Crippen molar-refractivity contribution in [3.63, 3.8) is 0 Å². The molecule has 0 atom stereocenters. The molecule has 1 aliphatic heterocycles. The van der Waals surface area contributed by atoms with Crippen molar-refractivity contribution in [1.29, 1.82) is 0 Å². The Labute approximate surface area is 158 Å². The summed E-state index contributed by atoms with van der Waals surface area (Å²) in [6.45, 7) is 2.30. The monoisotopic (exact) mass is 361 g/mol. The molecule has 0 aromatic carbocycles. The number of fused-ring (bicyclic) bond motifs is 1. The lowest BCUT2D eigenvalue weighted by Gasteiger charge is -2.58. The van der Waals surface area contributed by atoms with Gasteiger partial charge in [0, 0.05) is 55.9 Å². The van der Waals surface area contributed by atoms with Crippen LogP contribution in [-0.2, 0) is 18.3 Å². The Kier molecular flexibility index (Phi) is 3.65. The van der Waals surface area contributed by atoms with Gasteiger partial charge in [0.15, 0.2) is 0 Å². The fraction of sp³-hybridized carbons (Fsp3) is 0.429. The van der Waals surface area contributed by atoms with E-state index in [2.05, 4.69) is 26.9 Å². The Hall–Kier alpha value is -2.60. The lowest BCUT2D eigenvalue weighted by atomic mass is 9.56. The van der Waals surface area contributed by atoms with Crippen molar-refractivity contribution >= 4 is 16.6 Å². The quantitative estimate of drug-likeness (QED) is 0.714. The molecule has 6 nitrogen and oxygen atoms in total. The summed E-state index contributed by atoms with van der Waals surface area (Å²) < 4.78 is 1.95. The maximum atomic E-state index is 12.7. The highest BCUT2D eigenvalue weighted by Crippen LogP contribution is 2.51. The van der Waals surface area contributed by atoms with Crippen LogP contribution in [0.25, 0.3) is 22.2 Å². The Morgan fingerprint density at radius 1 is 1.11 bits per heavy atom. The zero-order valence-electron chi connectivity index (χ0n) is 15.7. The second-order valence-corrected chi connectivity index (χ2v) is 8.40. The third kappa shape index (κ3) is 2.84. The van der Waals surface area contributed by atoms with E-state index >= 15 is 0 Å². The summed E-state index contributed by atoms with van der Waals surface area (Å²) in [5, 5.41) is 2.04. The van der Waals surface area contributed by atoms with Crippen LogP contribution in [0.3, 0.4) is 0 Å². The topological polar surface area (TPSA) is 63.9 Å². The minimum Gasteiger partial charge on any atom is -0.332 e. The molecule has 2 fully saturated rings. The number of ketones is 1. The van der Waals surface area contributed by atoms with Gasteiger partial charge in [0.05, 0.1) is 23.9 Å². The fourth-order valence-electron chi connectivity index (χ4n) is 4.82. The number of pyridine rings is 2. The summed E-state index contributed by atoms with van der Waals surface area (Å²) in [4.78, 5) is 28.2. The molecule has 1 aliphatic carbocycles. The predicted molar refractivity (Wildman–Crippen MR) is 103 cm³/mol. The van der Waals surface area contributed by atoms with E-state index in [0.717, 1.165) is 53.8 Å². The maximum Gasteiger partial charge on any atom is 0.141 e. The number of aryl methyl sites for hydroxylation is 1. The van der Waals surface area contributed by atoms with Gasteiger partial charge in [-0.3, -0.25) is 14.8 Å². The van der Waals surface area contributed by atoms with Crippen LogP contribution in [-0.4, -0.2) is 50.3 Å². The van der Waals surface area contributed by atoms with Crippen molar-refractivity contribution in [2.45, 2.75) is 19.3 Å². The van der Waals surface area contributed by atoms with Gasteiger partial charge in [0.2, 0.25) is 0 Å². The first-order valence-corrected chi connectivity index (χ1v) is 9.44. The molecule has 1 saturated heterocycles. The number of carbonyl (C=O) groups is 1. The molecule has 27 heavy (non-hydrogen) atoms. The number of carbonyl (C=O) groups excluding carboxylic acids is 1. The summed E-state index contributed by atoms with van der Waals surface area (Å²) in [5.41, 5.74) is 3.13. The maximum absolute atomic E-state index is 12.7. The summed E-state index contributed by atoms with van der Waals surface area (Å²) in [5.74, 6) is 0.557. The van der Waals surface area contributed by atoms with Gasteiger partial charge in [0.1, 0.15) is 5.78 Å². The first kappa shape index (κ1) is 16.6. The Bertz CT molecular complexity index is 1030. The highest BCUT2D eigenvalue weighted by atomic mass is 16.1. The molecule has 0 N–H and O–H groups in total. The summed E-state index contributed by atoms with van der Waals surface area (Å²) in [6.07, 6.45) is 9.76. The molecule has 0 bridgehead atoms. The molecular weight excluding hydrogens is 338 g/mol. The Morgan fingerprint density at radius 3 is 2.59 bits per heavy atom. The van der Waals surface area contributed by atoms with Crippen molar-refractivity contribution in [1.82, 2.24) is 24.4 Å². The van der Waals surface area contributed by atoms with Crippen molar-refractivity contribution in [2.24, 2.45) is 18.4 Å². The van der Waals surface area contributed by atoms with E-state index in [1.54, 1.807) is 6.33 Å². The highest BCUT2D eigenvalue weighted by Gasteiger charge is 2.52. The molecule has 6 heteroatoms. The van der Waals surface area contributed by atoms with Crippen molar-refractivity contribution in [3.05, 3.63) is 42.7 Å². The van der Waals surface area contributed by atoms with E-state index in [-0.39, 0.29) is 5.92 Å². The lowest BCUT2D eigenvalue weighted by molar-refractivity contribution is -0.139. The molecular formula is C21H23N5O. The van der Waals surface area contributed by atoms with Crippen LogP contribution >= 0.6 is 0 Å². The summed E-state index contributed by atoms with van der Waals surface area (Å²) >= 11 is 0. The average Bonchev–Trinajstić information content (AvgIpc) is 3.02. The van der Waals surface area contributed by atoms with Crippen LogP contribution in [0.2, 0.25) is 0 Å². The number of nitrogens with zero attached hydrogens (tertiary/aromatic N) is 5. The van der Waals surface area contributed by atoms with Gasteiger partial charge >= 0.3 is 0 Å². The van der Waals surface area contributed by atoms with Gasteiger partial charge in [0.25, 0.3) is 0 Å². The standard InChI is InChI=1S/C21H23N5O/c1-25-11-21(12-25)6-15(7-21)20(27)5-17-3-14-4-18(19-10-22-13-26(19)2)24-9-16(14)8-23-17/h3-4,8-10,13,15H,5-7,11-12H2,1-2H3. The predicted octanol–water partition coefficient (Wildman–Crippen LogP) is 2.48. The molecule has 3 aromatic rings. The van der Waals surface area contributed by atoms with Crippen LogP contribution in [0, 0.1) is 11.3 Å². The smallest absolute Gasteiger partial charge is 0.141 e. The van der Waals surface area contributed by atoms with Gasteiger partial charge in [-0.1, -0.05) is 0 Å². The van der Waals surface area contributed by atoms with Gasteiger partial charge in [-0.15, -0.1) is 0 Å². The fourth-order valence-corrected chi connectivity index (χ4v) is 4.82. The molecule has 2 aliphatic rings. The van der Waals surface area contributed by atoms with E-state index in [0.29, 0.717) is 17.6 Å². The second kappa shape index (κ2) is 5.96. The van der Waals surface area contributed by atoms with E-state index in [4.69, 9.17) is 0 Å². The molecule has 5 rings (SSSR count). The number of imidazole rings is 1. The van der Waals surface area contributed by atoms with Crippen LogP contribution in [0.5, 0.6) is 0 Å². The van der Waals surface area contributed by atoms with Gasteiger partial charge in [-0.25, -0.2) is 4.98 Å². The van der Waals surface area contributed by atoms with E-state index in [9.17, 15) is 4.79 Å². The largest absolute Gasteiger partial charge is 0.332 e. The average molecular weight is 361 g/mol. The van der Waals surface area contributed by atoms with Crippen molar-refractivity contribution in [3.8, 4) is 11.4 Å². The minimum absolute atomic E-state index is 0.221. The van der Waals surface area contributed by atoms with E-state index < -0.39 is 0 Å². The number of likely N-dealkylation sites (tertiary alicyclic amines) is 1. The van der Waals surface area contributed by atoms with Crippen LogP contribution in [0.1, 0.15) is 18.5 Å². The number of rotatable bonds is 4. The van der Waals surface area contributed by atoms with Crippen LogP contribution in [0.15, 0.2) is 37.1 Å². The first-order chi connectivity index (χ1) is 13.0. The molecule has 0 unspecified atom stereocenters. The molecule has 4 heterocycles. The first-order valence-electron chi connectivity index (χ1n) is 9.44. The third-order valence-corrected chi connectivity index (χ3v) is 6.12. The third-order valence-electron chi connectivity index (χ3n) is 6.12. The van der Waals surface area contributed by atoms with Crippen molar-refractivity contribution in [2.75, 3.05) is 20.1 Å². The molecule has 3 aromatic heterocycles. The zero-order valence-corrected chi connectivity index (χ0v) is 15.7. The van der Waals surface area contributed by atoms with Crippen molar-refractivity contribution < 1.29 is 4.79 Å². The zero-order chi connectivity index (χ0) is 18.6. The van der Waals surface area contributed by atoms with Gasteiger partial charge in [-0.2, -0.15) is 0 Å². The number of aromatic nitrogens is 4.